The Labute approximate surface area is 176 Å². The first-order valence-corrected chi connectivity index (χ1v) is 9.96. The first-order valence-electron chi connectivity index (χ1n) is 9.96. The van der Waals surface area contributed by atoms with Gasteiger partial charge < -0.3 is 5.32 Å². The number of hydrogen-bond donors (Lipinski definition) is 1. The van der Waals surface area contributed by atoms with Crippen LogP contribution in [0.15, 0.2) is 72.8 Å². The molecule has 0 radical (unpaired) electrons. The number of aromatic nitrogens is 3. The van der Waals surface area contributed by atoms with E-state index in [2.05, 4.69) is 33.7 Å². The highest BCUT2D eigenvalue weighted by Crippen LogP contribution is 2.21. The molecule has 1 amide bonds. The van der Waals surface area contributed by atoms with Crippen molar-refractivity contribution in [2.75, 3.05) is 5.32 Å². The number of nitrogens with one attached hydrogen (secondary N) is 1. The van der Waals surface area contributed by atoms with E-state index in [0.29, 0.717) is 11.4 Å². The second kappa shape index (κ2) is 8.33. The third-order valence-electron chi connectivity index (χ3n) is 5.07. The Morgan fingerprint density at radius 1 is 0.900 bits per heavy atom. The van der Waals surface area contributed by atoms with Crippen LogP contribution >= 0.6 is 0 Å². The summed E-state index contributed by atoms with van der Waals surface area (Å²) in [6.45, 7) is 5.86. The molecule has 0 unspecified atom stereocenters. The minimum absolute atomic E-state index is 0.260. The van der Waals surface area contributed by atoms with Crippen LogP contribution < -0.4 is 5.32 Å². The van der Waals surface area contributed by atoms with Crippen molar-refractivity contribution in [1.82, 2.24) is 15.0 Å². The maximum Gasteiger partial charge on any atom is 0.278 e. The van der Waals surface area contributed by atoms with Crippen molar-refractivity contribution in [3.63, 3.8) is 0 Å². The Bertz CT molecular complexity index is 1200. The summed E-state index contributed by atoms with van der Waals surface area (Å²) < 4.78 is 0. The van der Waals surface area contributed by atoms with Gasteiger partial charge in [-0.05, 0) is 56.0 Å². The van der Waals surface area contributed by atoms with E-state index < -0.39 is 0 Å². The lowest BCUT2D eigenvalue weighted by Gasteiger charge is -2.10. The maximum atomic E-state index is 13.0. The monoisotopic (exact) mass is 396 g/mol. The van der Waals surface area contributed by atoms with Crippen molar-refractivity contribution >= 4 is 11.6 Å². The fourth-order valence-electron chi connectivity index (χ4n) is 3.52. The molecule has 30 heavy (non-hydrogen) atoms. The molecule has 0 aliphatic carbocycles. The zero-order valence-corrected chi connectivity index (χ0v) is 17.4. The van der Waals surface area contributed by atoms with Crippen LogP contribution in [0.1, 0.15) is 38.4 Å². The van der Waals surface area contributed by atoms with Gasteiger partial charge in [-0.25, -0.2) is 0 Å². The third-order valence-corrected chi connectivity index (χ3v) is 5.07. The zero-order valence-electron chi connectivity index (χ0n) is 17.4. The summed E-state index contributed by atoms with van der Waals surface area (Å²) in [4.78, 5) is 14.5. The van der Waals surface area contributed by atoms with Gasteiger partial charge in [0.2, 0.25) is 0 Å². The van der Waals surface area contributed by atoms with Gasteiger partial charge in [0, 0.05) is 5.69 Å². The van der Waals surface area contributed by atoms with Gasteiger partial charge in [0.25, 0.3) is 5.91 Å². The first-order chi connectivity index (χ1) is 14.5. The molecule has 0 aliphatic rings. The van der Waals surface area contributed by atoms with Gasteiger partial charge in [-0.2, -0.15) is 9.90 Å². The largest absolute Gasteiger partial charge is 0.320 e. The van der Waals surface area contributed by atoms with E-state index in [1.807, 2.05) is 68.4 Å². The summed E-state index contributed by atoms with van der Waals surface area (Å²) in [6.07, 6.45) is 0.742. The molecule has 5 heteroatoms. The summed E-state index contributed by atoms with van der Waals surface area (Å²) in [7, 11) is 0. The van der Waals surface area contributed by atoms with Crippen LogP contribution in [-0.2, 0) is 6.42 Å². The van der Waals surface area contributed by atoms with Gasteiger partial charge in [0.1, 0.15) is 0 Å². The Kier molecular flexibility index (Phi) is 5.44. The molecule has 3 aromatic carbocycles. The summed E-state index contributed by atoms with van der Waals surface area (Å²) in [5.41, 5.74) is 7.04. The first kappa shape index (κ1) is 19.6. The number of carbonyl (C=O) groups excluding carboxylic acids is 1. The highest BCUT2D eigenvalue weighted by molar-refractivity contribution is 6.04. The summed E-state index contributed by atoms with van der Waals surface area (Å²) in [6, 6.07) is 24.1. The zero-order chi connectivity index (χ0) is 21.1. The normalized spacial score (nSPS) is 10.8. The van der Waals surface area contributed by atoms with Gasteiger partial charge >= 0.3 is 0 Å². The number of nitrogens with zero attached hydrogens (tertiary/aromatic N) is 3. The topological polar surface area (TPSA) is 59.8 Å². The molecule has 0 aliphatic heterocycles. The summed E-state index contributed by atoms with van der Waals surface area (Å²) in [5, 5.41) is 12.0. The van der Waals surface area contributed by atoms with E-state index in [4.69, 9.17) is 0 Å². The van der Waals surface area contributed by atoms with Crippen molar-refractivity contribution in [2.45, 2.75) is 27.2 Å². The second-order valence-electron chi connectivity index (χ2n) is 7.49. The Hall–Kier alpha value is -3.73. The number of amides is 1. The number of benzene rings is 3. The minimum atomic E-state index is -0.260. The van der Waals surface area contributed by atoms with Crippen LogP contribution in [0.5, 0.6) is 0 Å². The smallest absolute Gasteiger partial charge is 0.278 e. The number of rotatable bonds is 5. The SMILES string of the molecule is Cc1ccc(-n2nc(C)c(C(=O)Nc3ccccc3Cc3ccccc3)n2)c(C)c1. The van der Waals surface area contributed by atoms with Crippen molar-refractivity contribution in [2.24, 2.45) is 0 Å². The average molecular weight is 396 g/mol. The molecule has 1 heterocycles. The number of carbonyl (C=O) groups is 1. The highest BCUT2D eigenvalue weighted by atomic mass is 16.2. The van der Waals surface area contributed by atoms with Crippen LogP contribution in [0.4, 0.5) is 5.69 Å². The maximum absolute atomic E-state index is 13.0. The minimum Gasteiger partial charge on any atom is -0.320 e. The Morgan fingerprint density at radius 2 is 1.63 bits per heavy atom. The molecular weight excluding hydrogens is 372 g/mol. The molecular formula is C25H24N4O. The fraction of sp³-hybridized carbons (Fsp3) is 0.160. The van der Waals surface area contributed by atoms with E-state index >= 15 is 0 Å². The van der Waals surface area contributed by atoms with Gasteiger partial charge in [-0.15, -0.1) is 5.10 Å². The molecule has 150 valence electrons. The number of aryl methyl sites for hydroxylation is 3. The van der Waals surface area contributed by atoms with Crippen molar-refractivity contribution in [3.05, 3.63) is 106 Å². The van der Waals surface area contributed by atoms with Gasteiger partial charge in [-0.1, -0.05) is 66.2 Å². The predicted molar refractivity (Wildman–Crippen MR) is 119 cm³/mol. The van der Waals surface area contributed by atoms with E-state index in [0.717, 1.165) is 28.9 Å². The van der Waals surface area contributed by atoms with E-state index in [-0.39, 0.29) is 5.91 Å². The summed E-state index contributed by atoms with van der Waals surface area (Å²) >= 11 is 0. The molecule has 5 nitrogen and oxygen atoms in total. The van der Waals surface area contributed by atoms with Gasteiger partial charge in [-0.3, -0.25) is 4.79 Å². The van der Waals surface area contributed by atoms with E-state index in [1.165, 1.54) is 15.9 Å². The van der Waals surface area contributed by atoms with E-state index in [9.17, 15) is 4.79 Å². The fourth-order valence-corrected chi connectivity index (χ4v) is 3.52. The Morgan fingerprint density at radius 3 is 2.40 bits per heavy atom. The molecule has 1 N–H and O–H groups in total. The molecule has 1 aromatic heterocycles. The van der Waals surface area contributed by atoms with Crippen molar-refractivity contribution < 1.29 is 4.79 Å². The summed E-state index contributed by atoms with van der Waals surface area (Å²) in [5.74, 6) is -0.260. The third kappa shape index (κ3) is 4.15. The number of para-hydroxylation sites is 1. The Balaban J connectivity index is 1.59. The van der Waals surface area contributed by atoms with Crippen LogP contribution in [0.25, 0.3) is 5.69 Å². The molecule has 0 fully saturated rings. The molecule has 4 aromatic rings. The van der Waals surface area contributed by atoms with Crippen LogP contribution in [-0.4, -0.2) is 20.9 Å². The van der Waals surface area contributed by atoms with E-state index in [1.54, 1.807) is 6.92 Å². The van der Waals surface area contributed by atoms with Crippen molar-refractivity contribution in [3.8, 4) is 5.69 Å². The second-order valence-corrected chi connectivity index (χ2v) is 7.49. The van der Waals surface area contributed by atoms with Gasteiger partial charge in [0.15, 0.2) is 5.69 Å². The highest BCUT2D eigenvalue weighted by Gasteiger charge is 2.18. The molecule has 0 saturated carbocycles. The quantitative estimate of drug-likeness (QED) is 0.514. The standard InChI is InChI=1S/C25H24N4O/c1-17-13-14-23(18(2)15-17)29-27-19(3)24(28-29)25(30)26-22-12-8-7-11-21(22)16-20-9-5-4-6-10-20/h4-15H,16H2,1-3H3,(H,26,30). The average Bonchev–Trinajstić information content (AvgIpc) is 3.11. The molecule has 0 spiro atoms. The van der Waals surface area contributed by atoms with Crippen LogP contribution in [0.3, 0.4) is 0 Å². The molecule has 4 rings (SSSR count). The predicted octanol–water partition coefficient (Wildman–Crippen LogP) is 5.04. The van der Waals surface area contributed by atoms with Crippen LogP contribution in [0.2, 0.25) is 0 Å². The van der Waals surface area contributed by atoms with Crippen molar-refractivity contribution in [1.29, 1.82) is 0 Å². The van der Waals surface area contributed by atoms with Crippen LogP contribution in [0, 0.1) is 20.8 Å². The lowest BCUT2D eigenvalue weighted by Crippen LogP contribution is -2.15. The molecule has 0 saturated heterocycles. The van der Waals surface area contributed by atoms with Gasteiger partial charge in [0.05, 0.1) is 11.4 Å². The lowest BCUT2D eigenvalue weighted by molar-refractivity contribution is 0.102. The molecule has 0 atom stereocenters. The number of anilines is 1. The molecule has 0 bridgehead atoms. The number of hydrogen-bond acceptors (Lipinski definition) is 3. The lowest BCUT2D eigenvalue weighted by atomic mass is 10.0.